The van der Waals surface area contributed by atoms with Gasteiger partial charge >= 0.3 is 0 Å². The summed E-state index contributed by atoms with van der Waals surface area (Å²) in [5.74, 6) is 0.0132. The van der Waals surface area contributed by atoms with Crippen molar-refractivity contribution in [2.75, 3.05) is 0 Å². The van der Waals surface area contributed by atoms with E-state index in [1.54, 1.807) is 24.3 Å². The first-order chi connectivity index (χ1) is 12.0. The second-order valence-corrected chi connectivity index (χ2v) is 6.93. The summed E-state index contributed by atoms with van der Waals surface area (Å²) in [6, 6.07) is 6.94. The molecule has 0 saturated heterocycles. The first-order valence-electron chi connectivity index (χ1n) is 8.87. The number of fused-ring (bicyclic) bond motifs is 1. The largest absolute Gasteiger partial charge is 0.292 e. The van der Waals surface area contributed by atoms with Gasteiger partial charge in [0.2, 0.25) is 0 Å². The second-order valence-electron chi connectivity index (χ2n) is 6.93. The van der Waals surface area contributed by atoms with Crippen molar-refractivity contribution in [1.82, 2.24) is 15.2 Å². The summed E-state index contributed by atoms with van der Waals surface area (Å²) in [4.78, 5) is 25.2. The number of amides is 1. The number of carbonyl (C=O) groups is 1. The zero-order valence-electron chi connectivity index (χ0n) is 15.0. The maximum absolute atomic E-state index is 12.7. The van der Waals surface area contributed by atoms with Crippen molar-refractivity contribution < 1.29 is 4.79 Å². The third kappa shape index (κ3) is 3.48. The van der Waals surface area contributed by atoms with Gasteiger partial charge in [-0.3, -0.25) is 9.59 Å². The van der Waals surface area contributed by atoms with Crippen LogP contribution in [0.15, 0.2) is 34.2 Å². The molecule has 1 aliphatic carbocycles. The monoisotopic (exact) mass is 340 g/mol. The zero-order valence-corrected chi connectivity index (χ0v) is 15.0. The van der Waals surface area contributed by atoms with E-state index >= 15 is 0 Å². The van der Waals surface area contributed by atoms with Crippen molar-refractivity contribution in [2.45, 2.75) is 52.5 Å². The molecule has 0 radical (unpaired) electrons. The van der Waals surface area contributed by atoms with Crippen LogP contribution in [0.3, 0.4) is 0 Å². The molecule has 1 aromatic carbocycles. The van der Waals surface area contributed by atoms with Crippen LogP contribution in [0, 0.1) is 5.92 Å². The van der Waals surface area contributed by atoms with Crippen LogP contribution in [-0.2, 0) is 0 Å². The third-order valence-corrected chi connectivity index (χ3v) is 4.72. The number of benzene rings is 1. The summed E-state index contributed by atoms with van der Waals surface area (Å²) >= 11 is 0. The predicted molar refractivity (Wildman–Crippen MR) is 98.9 cm³/mol. The lowest BCUT2D eigenvalue weighted by Gasteiger charge is -2.20. The summed E-state index contributed by atoms with van der Waals surface area (Å²) in [6.07, 6.45) is 4.34. The molecule has 132 valence electrons. The lowest BCUT2D eigenvalue weighted by Crippen LogP contribution is -2.31. The molecular weight excluding hydrogens is 316 g/mol. The Labute approximate surface area is 146 Å². The van der Waals surface area contributed by atoms with Crippen molar-refractivity contribution >= 4 is 22.4 Å². The summed E-state index contributed by atoms with van der Waals surface area (Å²) in [5, 5.41) is 9.69. The van der Waals surface area contributed by atoms with E-state index < -0.39 is 0 Å². The fraction of sp³-hybridized carbons (Fsp3) is 0.474. The Balaban J connectivity index is 2.00. The molecule has 25 heavy (non-hydrogen) atoms. The molecule has 6 heteroatoms. The molecule has 0 aliphatic heterocycles. The van der Waals surface area contributed by atoms with Crippen molar-refractivity contribution in [2.24, 2.45) is 11.0 Å². The van der Waals surface area contributed by atoms with E-state index in [1.807, 2.05) is 13.8 Å². The first kappa shape index (κ1) is 17.3. The van der Waals surface area contributed by atoms with Gasteiger partial charge in [0.05, 0.1) is 11.4 Å². The molecule has 1 saturated carbocycles. The molecule has 3 rings (SSSR count). The van der Waals surface area contributed by atoms with E-state index in [1.165, 1.54) is 11.1 Å². The van der Waals surface area contributed by atoms with E-state index in [2.05, 4.69) is 22.5 Å². The van der Waals surface area contributed by atoms with Gasteiger partial charge in [0.15, 0.2) is 5.69 Å². The number of nitrogens with one attached hydrogen (secondary N) is 1. The van der Waals surface area contributed by atoms with Crippen LogP contribution in [-0.4, -0.2) is 21.4 Å². The number of rotatable bonds is 3. The van der Waals surface area contributed by atoms with E-state index in [4.69, 9.17) is 0 Å². The average Bonchev–Trinajstić information content (AvgIpc) is 2.61. The Morgan fingerprint density at radius 1 is 1.28 bits per heavy atom. The van der Waals surface area contributed by atoms with Crippen LogP contribution < -0.4 is 11.0 Å². The second kappa shape index (κ2) is 7.17. The van der Waals surface area contributed by atoms with E-state index in [0.717, 1.165) is 25.0 Å². The minimum Gasteiger partial charge on any atom is -0.267 e. The van der Waals surface area contributed by atoms with Crippen molar-refractivity contribution in [3.8, 4) is 0 Å². The van der Waals surface area contributed by atoms with E-state index in [0.29, 0.717) is 16.7 Å². The molecule has 0 spiro atoms. The minimum absolute atomic E-state index is 0.131. The highest BCUT2D eigenvalue weighted by Gasteiger charge is 2.19. The van der Waals surface area contributed by atoms with Crippen LogP contribution in [0.5, 0.6) is 0 Å². The summed E-state index contributed by atoms with van der Waals surface area (Å²) in [7, 11) is 0. The number of hydrogen-bond donors (Lipinski definition) is 1. The quantitative estimate of drug-likeness (QED) is 0.871. The standard InChI is InChI=1S/C19H24N4O2/c1-12(2)23-19(25)15-10-6-5-9-14(15)17(22-23)18(24)21-20-16-11-7-4-8-13(16)3/h5-6,9-10,12-13H,4,7-8,11H2,1-3H3,(H,21,24)/b20-16-/t13-/m0/s1. The summed E-state index contributed by atoms with van der Waals surface area (Å²) in [6.45, 7) is 5.88. The summed E-state index contributed by atoms with van der Waals surface area (Å²) in [5.41, 5.74) is 3.72. The van der Waals surface area contributed by atoms with Gasteiger partial charge in [-0.25, -0.2) is 10.1 Å². The number of carbonyl (C=O) groups excluding carboxylic acids is 1. The molecule has 6 nitrogen and oxygen atoms in total. The molecule has 0 unspecified atom stereocenters. The predicted octanol–water partition coefficient (Wildman–Crippen LogP) is 3.27. The van der Waals surface area contributed by atoms with Gasteiger partial charge in [0, 0.05) is 11.1 Å². The van der Waals surface area contributed by atoms with Crippen LogP contribution in [0.2, 0.25) is 0 Å². The van der Waals surface area contributed by atoms with Gasteiger partial charge in [-0.1, -0.05) is 31.5 Å². The molecule has 2 aromatic rings. The maximum Gasteiger partial charge on any atom is 0.292 e. The Morgan fingerprint density at radius 3 is 2.68 bits per heavy atom. The van der Waals surface area contributed by atoms with Gasteiger partial charge in [-0.2, -0.15) is 10.2 Å². The highest BCUT2D eigenvalue weighted by molar-refractivity contribution is 6.05. The van der Waals surface area contributed by atoms with E-state index in [9.17, 15) is 9.59 Å². The van der Waals surface area contributed by atoms with Crippen LogP contribution in [0.4, 0.5) is 0 Å². The first-order valence-corrected chi connectivity index (χ1v) is 8.87. The normalized spacial score (nSPS) is 19.5. The zero-order chi connectivity index (χ0) is 18.0. The lowest BCUT2D eigenvalue weighted by molar-refractivity contribution is 0.0948. The van der Waals surface area contributed by atoms with Gasteiger partial charge in [-0.05, 0) is 45.1 Å². The highest BCUT2D eigenvalue weighted by atomic mass is 16.2. The fourth-order valence-corrected chi connectivity index (χ4v) is 3.24. The lowest BCUT2D eigenvalue weighted by atomic mass is 9.89. The fourth-order valence-electron chi connectivity index (χ4n) is 3.24. The Morgan fingerprint density at radius 2 is 2.00 bits per heavy atom. The Kier molecular flexibility index (Phi) is 4.97. The highest BCUT2D eigenvalue weighted by Crippen LogP contribution is 2.21. The number of aromatic nitrogens is 2. The SMILES string of the molecule is CC(C)n1nc(C(=O)N/N=C2/CCCC[C@@H]2C)c2ccccc2c1=O. The topological polar surface area (TPSA) is 76.3 Å². The molecule has 1 amide bonds. The maximum atomic E-state index is 12.7. The van der Waals surface area contributed by atoms with Gasteiger partial charge in [0.25, 0.3) is 11.5 Å². The minimum atomic E-state index is -0.379. The van der Waals surface area contributed by atoms with Gasteiger partial charge < -0.3 is 0 Å². The van der Waals surface area contributed by atoms with Gasteiger partial charge in [0.1, 0.15) is 0 Å². The molecule has 1 atom stereocenters. The smallest absolute Gasteiger partial charge is 0.267 e. The van der Waals surface area contributed by atoms with Gasteiger partial charge in [-0.15, -0.1) is 0 Å². The van der Waals surface area contributed by atoms with Crippen LogP contribution in [0.25, 0.3) is 10.8 Å². The molecule has 1 aliphatic rings. The Hall–Kier alpha value is -2.50. The average molecular weight is 340 g/mol. The number of nitrogens with zero attached hydrogens (tertiary/aromatic N) is 3. The number of hydrazone groups is 1. The number of hydrogen-bond acceptors (Lipinski definition) is 4. The molecule has 1 aromatic heterocycles. The molecule has 1 fully saturated rings. The van der Waals surface area contributed by atoms with Crippen molar-refractivity contribution in [3.05, 3.63) is 40.3 Å². The molecule has 0 bridgehead atoms. The third-order valence-electron chi connectivity index (χ3n) is 4.72. The van der Waals surface area contributed by atoms with Crippen LogP contribution in [0.1, 0.15) is 63.0 Å². The Bertz CT molecular complexity index is 883. The van der Waals surface area contributed by atoms with Crippen molar-refractivity contribution in [3.63, 3.8) is 0 Å². The molecule has 1 heterocycles. The molecule has 1 N–H and O–H groups in total. The van der Waals surface area contributed by atoms with E-state index in [-0.39, 0.29) is 23.2 Å². The van der Waals surface area contributed by atoms with Crippen molar-refractivity contribution in [1.29, 1.82) is 0 Å². The van der Waals surface area contributed by atoms with Crippen LogP contribution >= 0.6 is 0 Å². The summed E-state index contributed by atoms with van der Waals surface area (Å²) < 4.78 is 1.35. The molecular formula is C19H24N4O2.